The third-order valence-electron chi connectivity index (χ3n) is 6.10. The van der Waals surface area contributed by atoms with Gasteiger partial charge in [0, 0.05) is 19.2 Å². The molecule has 2 atom stereocenters. The molecule has 1 aromatic carbocycles. The molecule has 160 valence electrons. The van der Waals surface area contributed by atoms with Gasteiger partial charge in [0.25, 0.3) is 0 Å². The molecule has 7 heteroatoms. The summed E-state index contributed by atoms with van der Waals surface area (Å²) >= 11 is 0. The zero-order valence-electron chi connectivity index (χ0n) is 18.5. The Hall–Kier alpha value is -2.67. The Bertz CT molecular complexity index is 1020. The van der Waals surface area contributed by atoms with Crippen LogP contribution in [0.15, 0.2) is 23.2 Å². The highest BCUT2D eigenvalue weighted by Gasteiger charge is 2.46. The van der Waals surface area contributed by atoms with Crippen molar-refractivity contribution in [1.82, 2.24) is 9.78 Å². The second-order valence-corrected chi connectivity index (χ2v) is 8.90. The van der Waals surface area contributed by atoms with Crippen LogP contribution in [0.1, 0.15) is 45.3 Å². The molecule has 2 aromatic rings. The Balaban J connectivity index is 1.91. The molecule has 7 nitrogen and oxygen atoms in total. The zero-order valence-corrected chi connectivity index (χ0v) is 18.5. The topological polar surface area (TPSA) is 74.9 Å². The van der Waals surface area contributed by atoms with Crippen LogP contribution in [-0.2, 0) is 16.1 Å². The molecule has 1 aliphatic heterocycles. The Morgan fingerprint density at radius 2 is 1.90 bits per heavy atom. The number of ether oxygens (including phenoxy) is 3. The third kappa shape index (κ3) is 3.31. The van der Waals surface area contributed by atoms with Crippen LogP contribution in [0.5, 0.6) is 11.5 Å². The maximum absolute atomic E-state index is 12.9. The number of nitrogens with zero attached hydrogens (tertiary/aromatic N) is 3. The average molecular weight is 412 g/mol. The van der Waals surface area contributed by atoms with Crippen LogP contribution in [-0.4, -0.2) is 42.6 Å². The molecule has 2 aliphatic rings. The second-order valence-electron chi connectivity index (χ2n) is 8.90. The number of hydrogen-bond acceptors (Lipinski definition) is 6. The van der Waals surface area contributed by atoms with Crippen molar-refractivity contribution in [2.75, 3.05) is 21.3 Å². The van der Waals surface area contributed by atoms with E-state index in [-0.39, 0.29) is 23.2 Å². The van der Waals surface area contributed by atoms with Gasteiger partial charge in [0.15, 0.2) is 17.3 Å². The molecule has 1 fully saturated rings. The highest BCUT2D eigenvalue weighted by molar-refractivity contribution is 6.07. The van der Waals surface area contributed by atoms with Crippen molar-refractivity contribution in [3.05, 3.63) is 23.9 Å². The predicted octanol–water partition coefficient (Wildman–Crippen LogP) is 4.37. The van der Waals surface area contributed by atoms with Crippen LogP contribution < -0.4 is 9.47 Å². The molecular weight excluding hydrogens is 382 g/mol. The minimum Gasteiger partial charge on any atom is -0.493 e. The first-order valence-corrected chi connectivity index (χ1v) is 10.2. The summed E-state index contributed by atoms with van der Waals surface area (Å²) in [5.74, 6) is 2.12. The Morgan fingerprint density at radius 3 is 2.57 bits per heavy atom. The summed E-state index contributed by atoms with van der Waals surface area (Å²) in [7, 11) is 4.89. The summed E-state index contributed by atoms with van der Waals surface area (Å²) in [5, 5.41) is 4.89. The number of carbonyl (C=O) groups excluding carboxylic acids is 1. The Morgan fingerprint density at radius 1 is 1.17 bits per heavy atom. The van der Waals surface area contributed by atoms with Crippen LogP contribution in [0, 0.1) is 11.3 Å². The van der Waals surface area contributed by atoms with Gasteiger partial charge in [0.05, 0.1) is 44.0 Å². The summed E-state index contributed by atoms with van der Waals surface area (Å²) < 4.78 is 18.3. The molecule has 1 aliphatic carbocycles. The van der Waals surface area contributed by atoms with Crippen molar-refractivity contribution < 1.29 is 19.0 Å². The predicted molar refractivity (Wildman–Crippen MR) is 115 cm³/mol. The summed E-state index contributed by atoms with van der Waals surface area (Å²) in [6.07, 6.45) is 1.45. The van der Waals surface area contributed by atoms with Gasteiger partial charge in [-0.3, -0.25) is 4.79 Å². The highest BCUT2D eigenvalue weighted by Crippen LogP contribution is 2.49. The normalized spacial score (nSPS) is 22.2. The lowest BCUT2D eigenvalue weighted by Gasteiger charge is -2.41. The number of carbonyl (C=O) groups is 1. The van der Waals surface area contributed by atoms with E-state index in [1.54, 1.807) is 21.3 Å². The fraction of sp³-hybridized carbons (Fsp3) is 0.522. The van der Waals surface area contributed by atoms with Crippen molar-refractivity contribution in [3.63, 3.8) is 0 Å². The summed E-state index contributed by atoms with van der Waals surface area (Å²) in [5.41, 5.74) is 3.43. The van der Waals surface area contributed by atoms with E-state index >= 15 is 0 Å². The molecular formula is C23H29N3O4. The van der Waals surface area contributed by atoms with Crippen LogP contribution in [0.25, 0.3) is 11.1 Å². The first kappa shape index (κ1) is 20.6. The van der Waals surface area contributed by atoms with Gasteiger partial charge in [-0.2, -0.15) is 5.10 Å². The third-order valence-corrected chi connectivity index (χ3v) is 6.10. The van der Waals surface area contributed by atoms with Gasteiger partial charge in [-0.1, -0.05) is 19.9 Å². The first-order valence-electron chi connectivity index (χ1n) is 10.2. The number of rotatable bonds is 5. The molecule has 4 rings (SSSR count). The second kappa shape index (κ2) is 7.54. The number of aliphatic imine (C=N–C) groups is 1. The zero-order chi connectivity index (χ0) is 21.6. The van der Waals surface area contributed by atoms with Crippen molar-refractivity contribution in [2.24, 2.45) is 16.3 Å². The summed E-state index contributed by atoms with van der Waals surface area (Å²) in [6.45, 7) is 6.61. The van der Waals surface area contributed by atoms with Gasteiger partial charge < -0.3 is 14.2 Å². The van der Waals surface area contributed by atoms with Gasteiger partial charge in [-0.25, -0.2) is 9.67 Å². The van der Waals surface area contributed by atoms with Crippen LogP contribution in [0.3, 0.4) is 0 Å². The molecule has 0 bridgehead atoms. The van der Waals surface area contributed by atoms with Crippen LogP contribution in [0.2, 0.25) is 0 Å². The van der Waals surface area contributed by atoms with E-state index in [2.05, 4.69) is 13.8 Å². The fourth-order valence-corrected chi connectivity index (χ4v) is 4.86. The number of Topliss-reactive ketones (excluding diaryl/α,β-unsaturated/α-hetero) is 1. The molecule has 0 amide bonds. The Kier molecular flexibility index (Phi) is 5.18. The van der Waals surface area contributed by atoms with Crippen LogP contribution >= 0.6 is 0 Å². The average Bonchev–Trinajstić information content (AvgIpc) is 3.04. The number of fused-ring (bicyclic) bond motifs is 3. The number of ketones is 1. The maximum atomic E-state index is 12.9. The first-order chi connectivity index (χ1) is 14.3. The highest BCUT2D eigenvalue weighted by atomic mass is 16.5. The van der Waals surface area contributed by atoms with Gasteiger partial charge in [-0.15, -0.1) is 0 Å². The van der Waals surface area contributed by atoms with E-state index in [4.69, 9.17) is 24.3 Å². The monoisotopic (exact) mass is 411 g/mol. The maximum Gasteiger partial charge on any atom is 0.161 e. The van der Waals surface area contributed by atoms with E-state index in [0.29, 0.717) is 24.5 Å². The lowest BCUT2D eigenvalue weighted by molar-refractivity contribution is -0.127. The fourth-order valence-electron chi connectivity index (χ4n) is 4.86. The molecule has 30 heavy (non-hydrogen) atoms. The largest absolute Gasteiger partial charge is 0.493 e. The van der Waals surface area contributed by atoms with E-state index in [1.165, 1.54) is 0 Å². The van der Waals surface area contributed by atoms with Gasteiger partial charge in [0.2, 0.25) is 0 Å². The van der Waals surface area contributed by atoms with E-state index < -0.39 is 0 Å². The van der Waals surface area contributed by atoms with Gasteiger partial charge in [0.1, 0.15) is 5.78 Å². The minimum atomic E-state index is -0.209. The van der Waals surface area contributed by atoms with Crippen LogP contribution in [0.4, 0.5) is 5.82 Å². The molecule has 1 saturated carbocycles. The number of hydrogen-bond donors (Lipinski definition) is 0. The smallest absolute Gasteiger partial charge is 0.161 e. The quantitative estimate of drug-likeness (QED) is 0.730. The number of methoxy groups -OCH3 is 3. The number of benzene rings is 1. The van der Waals surface area contributed by atoms with Crippen molar-refractivity contribution in [2.45, 2.75) is 46.3 Å². The lowest BCUT2D eigenvalue weighted by Crippen LogP contribution is -2.43. The number of aromatic nitrogens is 2. The van der Waals surface area contributed by atoms with Gasteiger partial charge in [-0.05, 0) is 36.5 Å². The SMILES string of the molecule is COCc1nn2c(c1-c1ccc(OC)c(OC)c1)N=C(C)[C@@H]1C(=O)CC(C)(C)C[C@H]12. The molecule has 0 spiro atoms. The van der Waals surface area contributed by atoms with E-state index in [0.717, 1.165) is 34.8 Å². The molecule has 2 heterocycles. The minimum absolute atomic E-state index is 0.0294. The molecule has 0 radical (unpaired) electrons. The van der Waals surface area contributed by atoms with E-state index in [1.807, 2.05) is 29.8 Å². The standard InChI is InChI=1S/C23H29N3O4/c1-13-20-16(10-23(2,3)11-17(20)27)26-22(24-13)21(15(25-26)12-28-4)14-7-8-18(29-5)19(9-14)30-6/h7-9,16,20H,10-12H2,1-6H3/t16-,20+/m1/s1. The van der Waals surface area contributed by atoms with Crippen molar-refractivity contribution in [1.29, 1.82) is 0 Å². The molecule has 0 saturated heterocycles. The Labute approximate surface area is 177 Å². The lowest BCUT2D eigenvalue weighted by atomic mass is 9.68. The van der Waals surface area contributed by atoms with E-state index in [9.17, 15) is 4.79 Å². The molecule has 0 N–H and O–H groups in total. The summed E-state index contributed by atoms with van der Waals surface area (Å²) in [6, 6.07) is 5.76. The molecule has 1 aromatic heterocycles. The molecule has 0 unspecified atom stereocenters. The van der Waals surface area contributed by atoms with Crippen molar-refractivity contribution in [3.8, 4) is 22.6 Å². The summed E-state index contributed by atoms with van der Waals surface area (Å²) in [4.78, 5) is 17.8. The van der Waals surface area contributed by atoms with Crippen molar-refractivity contribution >= 4 is 17.3 Å². The van der Waals surface area contributed by atoms with Gasteiger partial charge >= 0.3 is 0 Å².